The lowest BCUT2D eigenvalue weighted by Crippen LogP contribution is -2.08. The van der Waals surface area contributed by atoms with Crippen LogP contribution in [-0.4, -0.2) is 62.8 Å². The zero-order valence-electron chi connectivity index (χ0n) is 15.6. The van der Waals surface area contributed by atoms with Gasteiger partial charge in [-0.1, -0.05) is 0 Å². The molecule has 0 heterocycles. The summed E-state index contributed by atoms with van der Waals surface area (Å²) >= 11 is 0. The summed E-state index contributed by atoms with van der Waals surface area (Å²) in [6.45, 7) is 1.09. The molecule has 0 spiro atoms. The first-order valence-corrected chi connectivity index (χ1v) is 8.46. The second kappa shape index (κ2) is 10.3. The summed E-state index contributed by atoms with van der Waals surface area (Å²) in [5.41, 5.74) is 1.29. The van der Waals surface area contributed by atoms with Gasteiger partial charge in [0.2, 0.25) is 0 Å². The van der Waals surface area contributed by atoms with E-state index in [1.54, 1.807) is 12.1 Å². The Hall–Kier alpha value is -3.10. The quantitative estimate of drug-likeness (QED) is 0.564. The van der Waals surface area contributed by atoms with Crippen molar-refractivity contribution in [2.45, 2.75) is 0 Å². The van der Waals surface area contributed by atoms with Crippen molar-refractivity contribution in [1.82, 2.24) is 0 Å². The van der Waals surface area contributed by atoms with Gasteiger partial charge in [0.25, 0.3) is 0 Å². The van der Waals surface area contributed by atoms with Crippen LogP contribution in [0.4, 0.5) is 0 Å². The van der Waals surface area contributed by atoms with E-state index in [4.69, 9.17) is 18.9 Å². The van der Waals surface area contributed by atoms with Crippen LogP contribution in [0, 0.1) is 0 Å². The monoisotopic (exact) mass is 390 g/mol. The fourth-order valence-electron chi connectivity index (χ4n) is 2.46. The third-order valence-corrected chi connectivity index (χ3v) is 3.84. The van der Waals surface area contributed by atoms with Crippen molar-refractivity contribution in [2.75, 3.05) is 40.6 Å². The Bertz CT molecular complexity index is 761. The Morgan fingerprint density at radius 1 is 0.714 bits per heavy atom. The molecule has 2 N–H and O–H groups in total. The Balaban J connectivity index is 2.50. The van der Waals surface area contributed by atoms with Crippen LogP contribution >= 0.6 is 0 Å². The van der Waals surface area contributed by atoms with Crippen molar-refractivity contribution in [2.24, 2.45) is 0 Å². The summed E-state index contributed by atoms with van der Waals surface area (Å²) in [4.78, 5) is 22.6. The normalized spacial score (nSPS) is 10.5. The number of benzene rings is 2. The van der Waals surface area contributed by atoms with E-state index in [-0.39, 0.29) is 24.3 Å². The number of methoxy groups -OCH3 is 2. The van der Waals surface area contributed by atoms with Crippen LogP contribution in [0.1, 0.15) is 20.7 Å². The highest BCUT2D eigenvalue weighted by molar-refractivity contribution is 5.92. The van der Waals surface area contributed by atoms with Crippen molar-refractivity contribution in [3.63, 3.8) is 0 Å². The van der Waals surface area contributed by atoms with Crippen molar-refractivity contribution < 1.29 is 38.7 Å². The molecule has 0 unspecified atom stereocenters. The minimum atomic E-state index is -1.08. The molecule has 2 aromatic rings. The molecule has 0 bridgehead atoms. The van der Waals surface area contributed by atoms with Gasteiger partial charge in [-0.25, -0.2) is 9.59 Å². The third kappa shape index (κ3) is 5.45. The Morgan fingerprint density at radius 3 is 1.43 bits per heavy atom. The van der Waals surface area contributed by atoms with Crippen LogP contribution in [0.2, 0.25) is 0 Å². The molecule has 0 amide bonds. The van der Waals surface area contributed by atoms with Crippen LogP contribution in [0.25, 0.3) is 11.1 Å². The third-order valence-electron chi connectivity index (χ3n) is 3.84. The van der Waals surface area contributed by atoms with E-state index in [2.05, 4.69) is 0 Å². The highest BCUT2D eigenvalue weighted by Gasteiger charge is 2.17. The lowest BCUT2D eigenvalue weighted by molar-refractivity contribution is 0.0685. The molecular formula is C20H22O8. The second-order valence-corrected chi connectivity index (χ2v) is 5.71. The van der Waals surface area contributed by atoms with Gasteiger partial charge in [-0.2, -0.15) is 0 Å². The molecule has 2 aromatic carbocycles. The molecule has 0 saturated carbocycles. The van der Waals surface area contributed by atoms with Crippen LogP contribution in [-0.2, 0) is 9.47 Å². The van der Waals surface area contributed by atoms with Crippen molar-refractivity contribution in [1.29, 1.82) is 0 Å². The number of ether oxygens (including phenoxy) is 4. The number of hydrogen-bond donors (Lipinski definition) is 2. The first kappa shape index (κ1) is 21.2. The van der Waals surface area contributed by atoms with Crippen LogP contribution in [0.15, 0.2) is 36.4 Å². The molecule has 28 heavy (non-hydrogen) atoms. The summed E-state index contributed by atoms with van der Waals surface area (Å²) in [6, 6.07) is 8.93. The fraction of sp³-hybridized carbons (Fsp3) is 0.300. The standard InChI is InChI=1S/C20H22O8/c1-25-7-9-27-17-11-13(19(21)22)3-5-15(17)16-6-4-14(20(23)24)12-18(16)28-10-8-26-2/h3-6,11-12H,7-10H2,1-2H3,(H,21,22)(H,23,24). The molecule has 8 heteroatoms. The van der Waals surface area contributed by atoms with Crippen molar-refractivity contribution >= 4 is 11.9 Å². The maximum Gasteiger partial charge on any atom is 0.335 e. The average molecular weight is 390 g/mol. The topological polar surface area (TPSA) is 112 Å². The zero-order valence-corrected chi connectivity index (χ0v) is 15.6. The van der Waals surface area contributed by atoms with Gasteiger partial charge in [-0.15, -0.1) is 0 Å². The molecule has 0 aromatic heterocycles. The Kier molecular flexibility index (Phi) is 7.79. The van der Waals surface area contributed by atoms with E-state index in [9.17, 15) is 19.8 Å². The number of hydrogen-bond acceptors (Lipinski definition) is 6. The minimum absolute atomic E-state index is 0.0696. The molecule has 0 aliphatic rings. The van der Waals surface area contributed by atoms with Gasteiger partial charge < -0.3 is 29.2 Å². The Morgan fingerprint density at radius 2 is 1.11 bits per heavy atom. The van der Waals surface area contributed by atoms with Crippen LogP contribution in [0.3, 0.4) is 0 Å². The van der Waals surface area contributed by atoms with E-state index in [1.807, 2.05) is 0 Å². The first-order valence-electron chi connectivity index (χ1n) is 8.46. The molecule has 0 radical (unpaired) electrons. The molecule has 150 valence electrons. The number of carboxylic acid groups (broad SMARTS) is 2. The minimum Gasteiger partial charge on any atom is -0.491 e. The summed E-state index contributed by atoms with van der Waals surface area (Å²) in [6.07, 6.45) is 0. The summed E-state index contributed by atoms with van der Waals surface area (Å²) in [5, 5.41) is 18.5. The molecule has 0 fully saturated rings. The largest absolute Gasteiger partial charge is 0.491 e. The first-order chi connectivity index (χ1) is 13.5. The zero-order chi connectivity index (χ0) is 20.5. The van der Waals surface area contributed by atoms with Gasteiger partial charge in [0, 0.05) is 25.3 Å². The van der Waals surface area contributed by atoms with Gasteiger partial charge in [0.05, 0.1) is 24.3 Å². The van der Waals surface area contributed by atoms with Crippen LogP contribution < -0.4 is 9.47 Å². The van der Waals surface area contributed by atoms with Crippen LogP contribution in [0.5, 0.6) is 11.5 Å². The number of rotatable bonds is 11. The van der Waals surface area contributed by atoms with E-state index in [1.165, 1.54) is 38.5 Å². The van der Waals surface area contributed by atoms with E-state index in [0.717, 1.165) is 0 Å². The van der Waals surface area contributed by atoms with Crippen molar-refractivity contribution in [3.05, 3.63) is 47.5 Å². The molecule has 0 aliphatic heterocycles. The summed E-state index contributed by atoms with van der Waals surface area (Å²) in [5.74, 6) is -1.50. The summed E-state index contributed by atoms with van der Waals surface area (Å²) < 4.78 is 21.3. The highest BCUT2D eigenvalue weighted by atomic mass is 16.5. The predicted molar refractivity (Wildman–Crippen MR) is 101 cm³/mol. The summed E-state index contributed by atoms with van der Waals surface area (Å²) in [7, 11) is 3.06. The molecule has 0 aliphatic carbocycles. The molecule has 8 nitrogen and oxygen atoms in total. The maximum atomic E-state index is 11.3. The fourth-order valence-corrected chi connectivity index (χ4v) is 2.46. The molecule has 2 rings (SSSR count). The van der Waals surface area contributed by atoms with Gasteiger partial charge in [0.1, 0.15) is 24.7 Å². The maximum absolute atomic E-state index is 11.3. The average Bonchev–Trinajstić information content (AvgIpc) is 2.68. The Labute approximate surface area is 162 Å². The SMILES string of the molecule is COCCOc1cc(C(=O)O)ccc1-c1ccc(C(=O)O)cc1OCCOC. The van der Waals surface area contributed by atoms with Gasteiger partial charge in [-0.3, -0.25) is 0 Å². The van der Waals surface area contributed by atoms with E-state index < -0.39 is 11.9 Å². The number of aromatic carboxylic acids is 2. The molecular weight excluding hydrogens is 368 g/mol. The molecule has 0 atom stereocenters. The second-order valence-electron chi connectivity index (χ2n) is 5.71. The predicted octanol–water partition coefficient (Wildman–Crippen LogP) is 2.80. The van der Waals surface area contributed by atoms with E-state index >= 15 is 0 Å². The van der Waals surface area contributed by atoms with Gasteiger partial charge >= 0.3 is 11.9 Å². The smallest absolute Gasteiger partial charge is 0.335 e. The lowest BCUT2D eigenvalue weighted by Gasteiger charge is -2.16. The van der Waals surface area contributed by atoms with Gasteiger partial charge in [0.15, 0.2) is 0 Å². The van der Waals surface area contributed by atoms with Crippen molar-refractivity contribution in [3.8, 4) is 22.6 Å². The molecule has 0 saturated heterocycles. The lowest BCUT2D eigenvalue weighted by atomic mass is 10.00. The van der Waals surface area contributed by atoms with E-state index in [0.29, 0.717) is 35.8 Å². The number of carbonyl (C=O) groups is 2. The number of carboxylic acids is 2. The van der Waals surface area contributed by atoms with Gasteiger partial charge in [-0.05, 0) is 36.4 Å². The highest BCUT2D eigenvalue weighted by Crippen LogP contribution is 2.38.